The Morgan fingerprint density at radius 3 is 2.62 bits per heavy atom. The van der Waals surface area contributed by atoms with Crippen molar-refractivity contribution in [1.29, 1.82) is 0 Å². The van der Waals surface area contributed by atoms with Gasteiger partial charge < -0.3 is 20.1 Å². The second-order valence-electron chi connectivity index (χ2n) is 9.51. The summed E-state index contributed by atoms with van der Waals surface area (Å²) < 4.78 is 1.99. The van der Waals surface area contributed by atoms with Crippen LogP contribution in [0.15, 0.2) is 85.2 Å². The van der Waals surface area contributed by atoms with Crippen molar-refractivity contribution in [2.45, 2.75) is 32.4 Å². The van der Waals surface area contributed by atoms with Crippen LogP contribution in [0.4, 0.5) is 11.4 Å². The second kappa shape index (κ2) is 11.0. The number of rotatable bonds is 8. The zero-order valence-electron chi connectivity index (χ0n) is 21.6. The number of nitrogens with zero attached hydrogens (tertiary/aromatic N) is 4. The summed E-state index contributed by atoms with van der Waals surface area (Å²) in [7, 11) is 0. The largest absolute Gasteiger partial charge is 0.352 e. The molecule has 0 saturated carbocycles. The molecule has 2 aromatic carbocycles. The molecule has 198 valence electrons. The number of hydrogen-bond acceptors (Lipinski definition) is 5. The van der Waals surface area contributed by atoms with E-state index in [0.29, 0.717) is 11.7 Å². The molecule has 1 fully saturated rings. The number of carbonyl (C=O) groups is 1. The predicted molar refractivity (Wildman–Crippen MR) is 154 cm³/mol. The zero-order valence-corrected chi connectivity index (χ0v) is 22.4. The van der Waals surface area contributed by atoms with Gasteiger partial charge in [0.15, 0.2) is 5.11 Å². The van der Waals surface area contributed by atoms with Gasteiger partial charge in [0.2, 0.25) is 5.91 Å². The molecule has 9 nitrogen and oxygen atoms in total. The monoisotopic (exact) mass is 540 g/mol. The third kappa shape index (κ3) is 5.51. The van der Waals surface area contributed by atoms with Gasteiger partial charge in [-0.05, 0) is 79.7 Å². The second-order valence-corrected chi connectivity index (χ2v) is 9.90. The van der Waals surface area contributed by atoms with Crippen molar-refractivity contribution in [1.82, 2.24) is 19.8 Å². The SMILES string of the molecule is Cc1ccc(C)c(NC(=O)CCN2C(=S)N[C@@H](c3ccccn3)[C@H]2c2cccn2-c2ccc([N+](=O)[O-])cc2)c1. The van der Waals surface area contributed by atoms with Crippen molar-refractivity contribution in [3.63, 3.8) is 0 Å². The highest BCUT2D eigenvalue weighted by atomic mass is 32.1. The maximum Gasteiger partial charge on any atom is 0.269 e. The van der Waals surface area contributed by atoms with Crippen LogP contribution in [0.25, 0.3) is 5.69 Å². The molecule has 39 heavy (non-hydrogen) atoms. The molecule has 0 unspecified atom stereocenters. The summed E-state index contributed by atoms with van der Waals surface area (Å²) in [5.74, 6) is -0.0997. The number of nitro groups is 1. The summed E-state index contributed by atoms with van der Waals surface area (Å²) in [6.45, 7) is 4.35. The highest BCUT2D eigenvalue weighted by Gasteiger charge is 2.41. The summed E-state index contributed by atoms with van der Waals surface area (Å²) in [4.78, 5) is 30.3. The van der Waals surface area contributed by atoms with Crippen LogP contribution in [0.2, 0.25) is 0 Å². The number of aromatic nitrogens is 2. The molecule has 0 spiro atoms. The minimum Gasteiger partial charge on any atom is -0.352 e. The van der Waals surface area contributed by atoms with E-state index in [2.05, 4.69) is 15.6 Å². The molecular formula is C29H28N6O3S. The van der Waals surface area contributed by atoms with Gasteiger partial charge in [-0.2, -0.15) is 0 Å². The Labute approximate surface area is 231 Å². The summed E-state index contributed by atoms with van der Waals surface area (Å²) in [5, 5.41) is 18.1. The van der Waals surface area contributed by atoms with Gasteiger partial charge in [0, 0.05) is 54.6 Å². The van der Waals surface area contributed by atoms with Crippen molar-refractivity contribution in [3.05, 3.63) is 118 Å². The summed E-state index contributed by atoms with van der Waals surface area (Å²) in [6, 6.07) is 21.5. The maximum atomic E-state index is 13.0. The first-order valence-electron chi connectivity index (χ1n) is 12.6. The fourth-order valence-electron chi connectivity index (χ4n) is 4.88. The Bertz CT molecular complexity index is 1520. The first kappa shape index (κ1) is 26.1. The molecule has 1 saturated heterocycles. The molecule has 0 radical (unpaired) electrons. The van der Waals surface area contributed by atoms with Gasteiger partial charge in [0.05, 0.1) is 22.7 Å². The average molecular weight is 541 g/mol. The molecule has 10 heteroatoms. The molecule has 1 amide bonds. The fraction of sp³-hybridized carbons (Fsp3) is 0.207. The third-order valence-corrected chi connectivity index (χ3v) is 7.22. The predicted octanol–water partition coefficient (Wildman–Crippen LogP) is 5.40. The van der Waals surface area contributed by atoms with Crippen LogP contribution in [0.3, 0.4) is 0 Å². The third-order valence-electron chi connectivity index (χ3n) is 6.87. The number of aryl methyl sites for hydroxylation is 2. The van der Waals surface area contributed by atoms with Gasteiger partial charge in [-0.1, -0.05) is 18.2 Å². The van der Waals surface area contributed by atoms with E-state index in [4.69, 9.17) is 12.2 Å². The number of amides is 1. The number of nitro benzene ring substituents is 1. The summed E-state index contributed by atoms with van der Waals surface area (Å²) in [5.41, 5.74) is 5.43. The normalized spacial score (nSPS) is 16.7. The Morgan fingerprint density at radius 2 is 1.90 bits per heavy atom. The molecule has 5 rings (SSSR count). The van der Waals surface area contributed by atoms with Crippen LogP contribution < -0.4 is 10.6 Å². The lowest BCUT2D eigenvalue weighted by Gasteiger charge is -2.29. The fourth-order valence-corrected chi connectivity index (χ4v) is 5.21. The molecule has 3 heterocycles. The van der Waals surface area contributed by atoms with E-state index < -0.39 is 4.92 Å². The lowest BCUT2D eigenvalue weighted by molar-refractivity contribution is -0.384. The number of anilines is 1. The van der Waals surface area contributed by atoms with Gasteiger partial charge >= 0.3 is 0 Å². The Morgan fingerprint density at radius 1 is 1.10 bits per heavy atom. The smallest absolute Gasteiger partial charge is 0.269 e. The van der Waals surface area contributed by atoms with Gasteiger partial charge in [0.25, 0.3) is 5.69 Å². The van der Waals surface area contributed by atoms with Crippen LogP contribution in [0.5, 0.6) is 0 Å². The van der Waals surface area contributed by atoms with Crippen LogP contribution in [0.1, 0.15) is 41.0 Å². The standard InChI is InChI=1S/C29H28N6O3S/c1-19-8-9-20(2)24(18-19)31-26(36)14-17-34-28(27(32-29(34)39)23-6-3-4-15-30-23)25-7-5-16-33(25)21-10-12-22(13-11-21)35(37)38/h3-13,15-16,18,27-28H,14,17H2,1-2H3,(H,31,36)(H,32,39)/t27-,28+/m0/s1. The minimum absolute atomic E-state index is 0.0269. The van der Waals surface area contributed by atoms with Gasteiger partial charge in [0.1, 0.15) is 0 Å². The lowest BCUT2D eigenvalue weighted by atomic mass is 10.0. The molecule has 2 N–H and O–H groups in total. The average Bonchev–Trinajstić information content (AvgIpc) is 3.54. The highest BCUT2D eigenvalue weighted by molar-refractivity contribution is 7.80. The van der Waals surface area contributed by atoms with Crippen LogP contribution in [-0.4, -0.2) is 36.9 Å². The quantitative estimate of drug-likeness (QED) is 0.175. The number of carbonyl (C=O) groups excluding carboxylic acids is 1. The van der Waals surface area contributed by atoms with Crippen LogP contribution in [0, 0.1) is 24.0 Å². The van der Waals surface area contributed by atoms with Crippen molar-refractivity contribution < 1.29 is 9.72 Å². The number of non-ortho nitro benzene ring substituents is 1. The summed E-state index contributed by atoms with van der Waals surface area (Å²) in [6.07, 6.45) is 3.89. The van der Waals surface area contributed by atoms with Crippen LogP contribution >= 0.6 is 12.2 Å². The molecule has 1 aliphatic rings. The van der Waals surface area contributed by atoms with E-state index in [-0.39, 0.29) is 30.1 Å². The van der Waals surface area contributed by atoms with E-state index in [1.807, 2.05) is 78.0 Å². The van der Waals surface area contributed by atoms with Crippen molar-refractivity contribution >= 4 is 34.6 Å². The minimum atomic E-state index is -0.415. The lowest BCUT2D eigenvalue weighted by Crippen LogP contribution is -2.33. The number of hydrogen-bond donors (Lipinski definition) is 2. The maximum absolute atomic E-state index is 13.0. The molecule has 0 bridgehead atoms. The van der Waals surface area contributed by atoms with Crippen LogP contribution in [-0.2, 0) is 4.79 Å². The number of thiocarbonyl (C=S) groups is 1. The van der Waals surface area contributed by atoms with E-state index in [1.165, 1.54) is 12.1 Å². The van der Waals surface area contributed by atoms with E-state index in [0.717, 1.165) is 33.9 Å². The molecule has 1 aliphatic heterocycles. The summed E-state index contributed by atoms with van der Waals surface area (Å²) >= 11 is 5.77. The molecule has 4 aromatic rings. The highest BCUT2D eigenvalue weighted by Crippen LogP contribution is 2.39. The molecule has 0 aliphatic carbocycles. The number of nitrogens with one attached hydrogen (secondary N) is 2. The van der Waals surface area contributed by atoms with E-state index in [1.54, 1.807) is 18.3 Å². The Balaban J connectivity index is 1.44. The number of benzene rings is 2. The van der Waals surface area contributed by atoms with Crippen molar-refractivity contribution in [3.8, 4) is 5.69 Å². The molecule has 2 atom stereocenters. The first-order chi connectivity index (χ1) is 18.8. The van der Waals surface area contributed by atoms with Gasteiger partial charge in [-0.25, -0.2) is 0 Å². The van der Waals surface area contributed by atoms with E-state index >= 15 is 0 Å². The topological polar surface area (TPSA) is 105 Å². The zero-order chi connectivity index (χ0) is 27.5. The molecular weight excluding hydrogens is 512 g/mol. The number of pyridine rings is 1. The van der Waals surface area contributed by atoms with Crippen molar-refractivity contribution in [2.24, 2.45) is 0 Å². The van der Waals surface area contributed by atoms with Gasteiger partial charge in [-0.3, -0.25) is 19.9 Å². The molecule has 2 aromatic heterocycles. The Kier molecular flexibility index (Phi) is 7.38. The van der Waals surface area contributed by atoms with Gasteiger partial charge in [-0.15, -0.1) is 0 Å². The van der Waals surface area contributed by atoms with Crippen molar-refractivity contribution in [2.75, 3.05) is 11.9 Å². The van der Waals surface area contributed by atoms with E-state index in [9.17, 15) is 14.9 Å². The first-order valence-corrected chi connectivity index (χ1v) is 13.0. The Hall–Kier alpha value is -4.57.